The Bertz CT molecular complexity index is 12.9. The molecule has 7 heavy (non-hydrogen) atoms. The van der Waals surface area contributed by atoms with Crippen molar-refractivity contribution in [2.45, 2.75) is 0 Å². The van der Waals surface area contributed by atoms with E-state index in [1.165, 1.54) is 0 Å². The summed E-state index contributed by atoms with van der Waals surface area (Å²) in [5.74, 6) is 0. The molecule has 0 spiro atoms. The van der Waals surface area contributed by atoms with Gasteiger partial charge in [-0.3, -0.25) is 0 Å². The summed E-state index contributed by atoms with van der Waals surface area (Å²) in [6, 6.07) is 0. The van der Waals surface area contributed by atoms with Crippen molar-refractivity contribution in [3.63, 3.8) is 0 Å². The molecule has 0 aromatic rings. The monoisotopic (exact) mass is 152 g/mol. The molecule has 0 unspecified atom stereocenters. The van der Waals surface area contributed by atoms with Gasteiger partial charge in [0.05, 0.1) is 5.34 Å². The Balaban J connectivity index is -0.00000000333. The molecule has 0 saturated carbocycles. The third-order valence-corrected chi connectivity index (χ3v) is 0. The van der Waals surface area contributed by atoms with Crippen molar-refractivity contribution in [3.8, 4) is 0 Å². The Hall–Kier alpha value is 0.435. The first-order valence-corrected chi connectivity index (χ1v) is 1.60. The zero-order valence-electron chi connectivity index (χ0n) is 3.17. The highest BCUT2D eigenvalue weighted by Crippen LogP contribution is 1.73. The van der Waals surface area contributed by atoms with Crippen LogP contribution in [0, 0.1) is 0 Å². The predicted octanol–water partition coefficient (Wildman–Crippen LogP) is -7.95. The lowest BCUT2D eigenvalue weighted by Crippen LogP contribution is -3.00. The quantitative estimate of drug-likeness (QED) is 0.239. The van der Waals surface area contributed by atoms with Gasteiger partial charge in [0.25, 0.3) is 0 Å². The molecule has 0 rings (SSSR count). The van der Waals surface area contributed by atoms with Crippen molar-refractivity contribution < 1.29 is 14.1 Å². The molecule has 0 bridgehead atoms. The molecule has 47 valence electrons. The van der Waals surface area contributed by atoms with Crippen LogP contribution in [0.5, 0.6) is 0 Å². The average molecular weight is 153 g/mol. The topological polar surface area (TPSA) is 0 Å². The highest BCUT2D eigenvalue weighted by molar-refractivity contribution is 6.40. The summed E-state index contributed by atoms with van der Waals surface area (Å²) in [4.78, 5) is 0. The fourth-order valence-corrected chi connectivity index (χ4v) is 0. The van der Waals surface area contributed by atoms with Gasteiger partial charge in [0, 0.05) is 8.41 Å². The van der Waals surface area contributed by atoms with E-state index in [4.69, 9.17) is 23.2 Å². The largest absolute Gasteiger partial charge is 1.00 e. The summed E-state index contributed by atoms with van der Waals surface area (Å²) in [6.45, 7) is 0. The molecular formula is CH2BCl2F3-3. The SMILES string of the molecule is ClCCl.[B].[F-].[F-].[F-]. The minimum atomic E-state index is 0. The van der Waals surface area contributed by atoms with Crippen molar-refractivity contribution in [2.24, 2.45) is 0 Å². The van der Waals surface area contributed by atoms with Crippen molar-refractivity contribution in [1.29, 1.82) is 0 Å². The summed E-state index contributed by atoms with van der Waals surface area (Å²) in [6.07, 6.45) is 0. The molecule has 0 nitrogen and oxygen atoms in total. The van der Waals surface area contributed by atoms with Crippen LogP contribution >= 0.6 is 23.2 Å². The summed E-state index contributed by atoms with van der Waals surface area (Å²) < 4.78 is 0. The molecule has 0 saturated heterocycles. The van der Waals surface area contributed by atoms with Gasteiger partial charge >= 0.3 is 0 Å². The maximum atomic E-state index is 4.76. The highest BCUT2D eigenvalue weighted by atomic mass is 35.5. The molecule has 0 N–H and O–H groups in total. The summed E-state index contributed by atoms with van der Waals surface area (Å²) in [5.41, 5.74) is 0. The van der Waals surface area contributed by atoms with Crippen LogP contribution in [-0.2, 0) is 0 Å². The van der Waals surface area contributed by atoms with E-state index in [2.05, 4.69) is 0 Å². The Labute approximate surface area is 51.9 Å². The molecule has 0 fully saturated rings. The smallest absolute Gasteiger partial charge is 0.0967 e. The second-order valence-electron chi connectivity index (χ2n) is 0.101. The first kappa shape index (κ1) is 51.9. The number of rotatable bonds is 0. The number of hydrogen-bond acceptors (Lipinski definition) is 0. The van der Waals surface area contributed by atoms with Crippen LogP contribution in [0.4, 0.5) is 0 Å². The van der Waals surface area contributed by atoms with Crippen LogP contribution in [-0.4, -0.2) is 13.8 Å². The standard InChI is InChI=1S/CH2Cl2.B.3FH/c2-1-3;;;;/h1H2;;3*1H/p-3. The molecule has 3 radical (unpaired) electrons. The normalized spacial score (nSPS) is 2.57. The molecule has 0 aliphatic carbocycles. The Kier molecular flexibility index (Phi) is 685. The zero-order chi connectivity index (χ0) is 2.71. The van der Waals surface area contributed by atoms with Crippen LogP contribution in [0.15, 0.2) is 0 Å². The number of halogens is 5. The minimum absolute atomic E-state index is 0. The van der Waals surface area contributed by atoms with E-state index in [1.807, 2.05) is 0 Å². The second kappa shape index (κ2) is 92.3. The zero-order valence-corrected chi connectivity index (χ0v) is 4.69. The van der Waals surface area contributed by atoms with Crippen LogP contribution in [0.1, 0.15) is 0 Å². The Morgan fingerprint density at radius 3 is 0.857 bits per heavy atom. The van der Waals surface area contributed by atoms with Gasteiger partial charge in [0.2, 0.25) is 0 Å². The lowest BCUT2D eigenvalue weighted by atomic mass is 10.8. The molecular weight excluding hydrogens is 151 g/mol. The van der Waals surface area contributed by atoms with Crippen LogP contribution < -0.4 is 14.1 Å². The third-order valence-electron chi connectivity index (χ3n) is 0. The first-order valence-electron chi connectivity index (χ1n) is 0.535. The van der Waals surface area contributed by atoms with Gasteiger partial charge in [-0.25, -0.2) is 0 Å². The fourth-order valence-electron chi connectivity index (χ4n) is 0. The van der Waals surface area contributed by atoms with Gasteiger partial charge in [0.15, 0.2) is 0 Å². The van der Waals surface area contributed by atoms with E-state index in [-0.39, 0.29) is 27.9 Å². The second-order valence-corrected chi connectivity index (χ2v) is 0.909. The molecule has 0 aliphatic rings. The highest BCUT2D eigenvalue weighted by Gasteiger charge is 1.41. The lowest BCUT2D eigenvalue weighted by molar-refractivity contribution is -0.001000. The van der Waals surface area contributed by atoms with Crippen molar-refractivity contribution >= 4 is 31.6 Å². The average Bonchev–Trinajstić information content (AvgIpc) is 0.918. The molecule has 0 aromatic carbocycles. The molecule has 0 aliphatic heterocycles. The third kappa shape index (κ3) is 669. The maximum Gasteiger partial charge on any atom is 0.0967 e. The number of alkyl halides is 2. The fraction of sp³-hybridized carbons (Fsp3) is 1.00. The maximum absolute atomic E-state index is 4.76. The van der Waals surface area contributed by atoms with Gasteiger partial charge in [-0.05, 0) is 0 Å². The van der Waals surface area contributed by atoms with Gasteiger partial charge in [-0.1, -0.05) is 0 Å². The predicted molar refractivity (Wildman–Crippen MR) is 22.3 cm³/mol. The molecule has 0 aromatic heterocycles. The molecule has 0 heterocycles. The minimum Gasteiger partial charge on any atom is -1.00 e. The Morgan fingerprint density at radius 2 is 0.857 bits per heavy atom. The lowest BCUT2D eigenvalue weighted by Gasteiger charge is -1.42. The van der Waals surface area contributed by atoms with E-state index in [1.54, 1.807) is 0 Å². The van der Waals surface area contributed by atoms with E-state index < -0.39 is 0 Å². The molecule has 6 heteroatoms. The van der Waals surface area contributed by atoms with Gasteiger partial charge in [0.1, 0.15) is 0 Å². The van der Waals surface area contributed by atoms with E-state index in [0.29, 0.717) is 0 Å². The van der Waals surface area contributed by atoms with Crippen molar-refractivity contribution in [3.05, 3.63) is 0 Å². The van der Waals surface area contributed by atoms with Crippen LogP contribution in [0.3, 0.4) is 0 Å². The van der Waals surface area contributed by atoms with E-state index >= 15 is 0 Å². The van der Waals surface area contributed by atoms with Crippen LogP contribution in [0.25, 0.3) is 0 Å². The van der Waals surface area contributed by atoms with Crippen molar-refractivity contribution in [1.82, 2.24) is 0 Å². The summed E-state index contributed by atoms with van der Waals surface area (Å²) in [5, 5.41) is 0.194. The van der Waals surface area contributed by atoms with Crippen LogP contribution in [0.2, 0.25) is 0 Å². The van der Waals surface area contributed by atoms with E-state index in [9.17, 15) is 0 Å². The Morgan fingerprint density at radius 1 is 0.857 bits per heavy atom. The van der Waals surface area contributed by atoms with Gasteiger partial charge in [-0.15, -0.1) is 23.2 Å². The van der Waals surface area contributed by atoms with Crippen molar-refractivity contribution in [2.75, 3.05) is 5.34 Å². The van der Waals surface area contributed by atoms with E-state index in [0.717, 1.165) is 0 Å². The van der Waals surface area contributed by atoms with Gasteiger partial charge in [-0.2, -0.15) is 0 Å². The first-order chi connectivity index (χ1) is 1.41. The van der Waals surface area contributed by atoms with Gasteiger partial charge < -0.3 is 14.1 Å². The molecule has 0 amide bonds. The summed E-state index contributed by atoms with van der Waals surface area (Å²) in [7, 11) is 0. The number of hydrogen-bond donors (Lipinski definition) is 0. The summed E-state index contributed by atoms with van der Waals surface area (Å²) >= 11 is 9.53. The molecule has 0 atom stereocenters.